The highest BCUT2D eigenvalue weighted by Gasteiger charge is 2.21. The first-order valence-corrected chi connectivity index (χ1v) is 12.9. The van der Waals surface area contributed by atoms with Gasteiger partial charge in [-0.3, -0.25) is 9.59 Å². The van der Waals surface area contributed by atoms with E-state index in [2.05, 4.69) is 36.5 Å². The number of ether oxygens (including phenoxy) is 5. The highest BCUT2D eigenvalue weighted by molar-refractivity contribution is 5.98. The van der Waals surface area contributed by atoms with Gasteiger partial charge < -0.3 is 34.3 Å². The number of hydrogen-bond donors (Lipinski definition) is 2. The maximum atomic E-state index is 12.7. The summed E-state index contributed by atoms with van der Waals surface area (Å²) in [6, 6.07) is 12.0. The lowest BCUT2D eigenvalue weighted by atomic mass is 10.0. The molecule has 13 nitrogen and oxygen atoms in total. The lowest BCUT2D eigenvalue weighted by molar-refractivity contribution is 0.0934. The Hall–Kier alpha value is -4.67. The third kappa shape index (κ3) is 10.4. The minimum Gasteiger partial charge on any atom is -0.493 e. The first-order valence-electron chi connectivity index (χ1n) is 12.9. The molecule has 2 amide bonds. The molecule has 232 valence electrons. The van der Waals surface area contributed by atoms with E-state index in [0.29, 0.717) is 17.1 Å². The summed E-state index contributed by atoms with van der Waals surface area (Å²) in [4.78, 5) is 25.3. The van der Waals surface area contributed by atoms with Crippen LogP contribution < -0.4 is 24.8 Å². The van der Waals surface area contributed by atoms with Gasteiger partial charge in [-0.15, -0.1) is 5.10 Å². The van der Waals surface area contributed by atoms with Crippen LogP contribution in [-0.4, -0.2) is 83.1 Å². The van der Waals surface area contributed by atoms with Crippen molar-refractivity contribution in [3.63, 3.8) is 0 Å². The van der Waals surface area contributed by atoms with Crippen molar-refractivity contribution in [1.82, 2.24) is 25.6 Å². The second-order valence-electron chi connectivity index (χ2n) is 8.45. The quantitative estimate of drug-likeness (QED) is 0.340. The van der Waals surface area contributed by atoms with Crippen LogP contribution >= 0.6 is 0 Å². The number of hydrogen-bond acceptors (Lipinski definition) is 10. The molecule has 13 heteroatoms. The predicted octanol–water partition coefficient (Wildman–Crippen LogP) is 3.31. The largest absolute Gasteiger partial charge is 0.493 e. The molecule has 42 heavy (non-hydrogen) atoms. The van der Waals surface area contributed by atoms with Crippen LogP contribution in [-0.2, 0) is 22.4 Å². The molecular weight excluding hydrogens is 544 g/mol. The maximum absolute atomic E-state index is 12.7. The van der Waals surface area contributed by atoms with Crippen LogP contribution in [0.3, 0.4) is 0 Å². The number of nitrogens with zero attached hydrogens (tertiary/aromatic N) is 4. The molecule has 0 aliphatic rings. The van der Waals surface area contributed by atoms with Crippen molar-refractivity contribution in [2.24, 2.45) is 0 Å². The highest BCUT2D eigenvalue weighted by atomic mass is 16.5. The van der Waals surface area contributed by atoms with Crippen LogP contribution in [0.1, 0.15) is 47.8 Å². The van der Waals surface area contributed by atoms with E-state index in [0.717, 1.165) is 12.0 Å². The van der Waals surface area contributed by atoms with Gasteiger partial charge in [0, 0.05) is 37.8 Å². The first-order chi connectivity index (χ1) is 20.3. The number of amides is 2. The van der Waals surface area contributed by atoms with Gasteiger partial charge in [-0.1, -0.05) is 36.4 Å². The number of nitriles is 1. The first kappa shape index (κ1) is 35.4. The van der Waals surface area contributed by atoms with Gasteiger partial charge in [-0.05, 0) is 29.7 Å². The van der Waals surface area contributed by atoms with E-state index < -0.39 is 11.9 Å². The lowest BCUT2D eigenvalue weighted by Crippen LogP contribution is -2.28. The lowest BCUT2D eigenvalue weighted by Gasteiger charge is -2.15. The number of nitrogens with one attached hydrogen (secondary N) is 2. The molecule has 0 bridgehead atoms. The predicted molar refractivity (Wildman–Crippen MR) is 160 cm³/mol. The minimum atomic E-state index is -0.815. The van der Waals surface area contributed by atoms with Crippen LogP contribution in [0.5, 0.6) is 17.2 Å². The van der Waals surface area contributed by atoms with Gasteiger partial charge in [-0.2, -0.15) is 5.26 Å². The topological polar surface area (TPSA) is 159 Å². The zero-order valence-corrected chi connectivity index (χ0v) is 25.4. The number of benzene rings is 2. The van der Waals surface area contributed by atoms with E-state index in [1.54, 1.807) is 40.6 Å². The molecule has 1 heterocycles. The van der Waals surface area contributed by atoms with Gasteiger partial charge in [0.15, 0.2) is 17.2 Å². The molecule has 1 atom stereocenters. The van der Waals surface area contributed by atoms with Crippen LogP contribution in [0.15, 0.2) is 42.6 Å². The molecule has 0 aliphatic heterocycles. The highest BCUT2D eigenvalue weighted by Crippen LogP contribution is 2.39. The number of rotatable bonds is 11. The zero-order valence-electron chi connectivity index (χ0n) is 25.4. The fraction of sp³-hybridized carbons (Fsp3) is 0.414. The van der Waals surface area contributed by atoms with Gasteiger partial charge >= 0.3 is 0 Å². The molecule has 3 rings (SSSR count). The molecule has 0 unspecified atom stereocenters. The fourth-order valence-corrected chi connectivity index (χ4v) is 3.51. The number of carbonyl (C=O) groups is 2. The molecule has 0 aliphatic carbocycles. The molecule has 2 aromatic carbocycles. The van der Waals surface area contributed by atoms with E-state index in [1.165, 1.54) is 32.2 Å². The van der Waals surface area contributed by atoms with E-state index in [9.17, 15) is 14.9 Å². The van der Waals surface area contributed by atoms with Gasteiger partial charge in [0.05, 0.1) is 45.7 Å². The summed E-state index contributed by atoms with van der Waals surface area (Å²) in [5.74, 6) is 0.112. The summed E-state index contributed by atoms with van der Waals surface area (Å²) in [6.07, 6.45) is 2.34. The van der Waals surface area contributed by atoms with Crippen molar-refractivity contribution in [1.29, 1.82) is 5.26 Å². The molecular formula is C29H44N6O7. The second kappa shape index (κ2) is 19.4. The number of aromatic nitrogens is 3. The van der Waals surface area contributed by atoms with Crippen molar-refractivity contribution in [3.8, 4) is 23.3 Å². The standard InChI is InChI=1S/C25H28N6O5.2C2H6O.2H2/c1-5-16-6-8-17(9-7-16)19(14-26)28-25(33)20-15-31(30-29-20)13-12-27-24(32)18-10-11-21(34-2)23(36-4)22(18)35-3;2*1-3-2;;/h6-11,15,19H,5,12-13H2,1-4H3,(H,27,32)(H,28,33);2*1-2H3;2*1H/t19-;;;;/m0..../s1. The Morgan fingerprint density at radius 1 is 0.929 bits per heavy atom. The smallest absolute Gasteiger partial charge is 0.274 e. The third-order valence-electron chi connectivity index (χ3n) is 5.47. The van der Waals surface area contributed by atoms with Gasteiger partial charge in [0.2, 0.25) is 5.75 Å². The summed E-state index contributed by atoms with van der Waals surface area (Å²) < 4.78 is 25.8. The van der Waals surface area contributed by atoms with Gasteiger partial charge in [0.25, 0.3) is 11.8 Å². The monoisotopic (exact) mass is 588 g/mol. The molecule has 0 saturated heterocycles. The summed E-state index contributed by atoms with van der Waals surface area (Å²) in [5.41, 5.74) is 2.17. The van der Waals surface area contributed by atoms with E-state index in [-0.39, 0.29) is 38.9 Å². The molecule has 0 radical (unpaired) electrons. The normalized spacial score (nSPS) is 10.5. The van der Waals surface area contributed by atoms with E-state index in [4.69, 9.17) is 14.2 Å². The third-order valence-corrected chi connectivity index (χ3v) is 5.47. The molecule has 0 saturated carbocycles. The Bertz CT molecular complexity index is 1300. The SMILES string of the molecule is CCc1ccc([C@H](C#N)NC(=O)c2cn(CCNC(=O)c3ccc(OC)c(OC)c3OC)nn2)cc1.COC.COC.[HH].[HH]. The molecule has 1 aromatic heterocycles. The second-order valence-corrected chi connectivity index (χ2v) is 8.45. The number of methoxy groups -OCH3 is 5. The molecule has 2 N–H and O–H groups in total. The molecule has 3 aromatic rings. The van der Waals surface area contributed by atoms with E-state index in [1.807, 2.05) is 31.2 Å². The summed E-state index contributed by atoms with van der Waals surface area (Å²) in [5, 5.41) is 22.7. The van der Waals surface area contributed by atoms with E-state index >= 15 is 0 Å². The van der Waals surface area contributed by atoms with Crippen molar-refractivity contribution in [3.05, 3.63) is 65.0 Å². The number of carbonyl (C=O) groups excluding carboxylic acids is 2. The van der Waals surface area contributed by atoms with Crippen LogP contribution in [0, 0.1) is 11.3 Å². The zero-order chi connectivity index (χ0) is 31.5. The van der Waals surface area contributed by atoms with Crippen molar-refractivity contribution in [2.45, 2.75) is 25.9 Å². The summed E-state index contributed by atoms with van der Waals surface area (Å²) in [7, 11) is 10.9. The molecule has 0 spiro atoms. The van der Waals surface area contributed by atoms with Crippen LogP contribution in [0.25, 0.3) is 0 Å². The van der Waals surface area contributed by atoms with Crippen LogP contribution in [0.4, 0.5) is 0 Å². The Kier molecular flexibility index (Phi) is 16.3. The summed E-state index contributed by atoms with van der Waals surface area (Å²) in [6.45, 7) is 2.52. The van der Waals surface area contributed by atoms with Gasteiger partial charge in [0.1, 0.15) is 6.04 Å². The Morgan fingerprint density at radius 3 is 2.07 bits per heavy atom. The van der Waals surface area contributed by atoms with Crippen molar-refractivity contribution < 1.29 is 36.1 Å². The maximum Gasteiger partial charge on any atom is 0.274 e. The van der Waals surface area contributed by atoms with Crippen LogP contribution in [0.2, 0.25) is 0 Å². The Labute approximate surface area is 249 Å². The minimum absolute atomic E-state index is 0. The Morgan fingerprint density at radius 2 is 1.55 bits per heavy atom. The fourth-order valence-electron chi connectivity index (χ4n) is 3.51. The van der Waals surface area contributed by atoms with Crippen molar-refractivity contribution in [2.75, 3.05) is 56.3 Å². The van der Waals surface area contributed by atoms with Crippen molar-refractivity contribution >= 4 is 11.8 Å². The summed E-state index contributed by atoms with van der Waals surface area (Å²) >= 11 is 0. The Balaban J connectivity index is 0. The van der Waals surface area contributed by atoms with Gasteiger partial charge in [-0.25, -0.2) is 4.68 Å². The average molecular weight is 589 g/mol. The molecule has 0 fully saturated rings. The average Bonchev–Trinajstić information content (AvgIpc) is 3.48. The number of aryl methyl sites for hydroxylation is 1.